The first-order valence-electron chi connectivity index (χ1n) is 14.9. The highest BCUT2D eigenvalue weighted by atomic mass is 32.2. The van der Waals surface area contributed by atoms with Crippen LogP contribution in [0.25, 0.3) is 10.9 Å². The number of hydrogen-bond acceptors (Lipinski definition) is 7. The highest BCUT2D eigenvalue weighted by molar-refractivity contribution is 7.91. The van der Waals surface area contributed by atoms with Crippen molar-refractivity contribution < 1.29 is 27.5 Å². The largest absolute Gasteiger partial charge is 0.490 e. The molecule has 10 nitrogen and oxygen atoms in total. The summed E-state index contributed by atoms with van der Waals surface area (Å²) in [5.74, 6) is -2.25. The standard InChI is InChI=1S/C31H38N4O6S/c1-19-8-7-10-23-26(13-14-32-27(19)23)41-21-16-24-25(17-21)29(37)35(2)15-6-4-3-5-9-20-18-31(20,33-28(24)36)30(38)34-42(39,40)22-11-12-22/h5,7-10,13-14,20-22,24-25H,3-4,6,11-12,15-18H2,1-2H3,(H,33,36)(H,34,38). The summed E-state index contributed by atoms with van der Waals surface area (Å²) in [6, 6.07) is 7.67. The third kappa shape index (κ3) is 5.50. The second-order valence-electron chi connectivity index (χ2n) is 12.3. The molecule has 3 saturated carbocycles. The number of aromatic nitrogens is 1. The van der Waals surface area contributed by atoms with E-state index in [0.717, 1.165) is 35.7 Å². The van der Waals surface area contributed by atoms with Crippen LogP contribution in [0.2, 0.25) is 0 Å². The molecule has 1 aromatic carbocycles. The minimum absolute atomic E-state index is 0.119. The first-order chi connectivity index (χ1) is 20.1. The molecule has 0 spiro atoms. The highest BCUT2D eigenvalue weighted by Gasteiger charge is 2.62. The second-order valence-corrected chi connectivity index (χ2v) is 14.3. The summed E-state index contributed by atoms with van der Waals surface area (Å²) in [4.78, 5) is 47.2. The molecule has 3 fully saturated rings. The van der Waals surface area contributed by atoms with Gasteiger partial charge in [-0.05, 0) is 76.0 Å². The Hall–Kier alpha value is -3.47. The molecule has 0 bridgehead atoms. The van der Waals surface area contributed by atoms with Gasteiger partial charge in [0.15, 0.2) is 0 Å². The van der Waals surface area contributed by atoms with Gasteiger partial charge in [-0.15, -0.1) is 0 Å². The molecule has 2 heterocycles. The summed E-state index contributed by atoms with van der Waals surface area (Å²) >= 11 is 0. The van der Waals surface area contributed by atoms with Gasteiger partial charge in [-0.2, -0.15) is 0 Å². The molecule has 1 aromatic heterocycles. The highest BCUT2D eigenvalue weighted by Crippen LogP contribution is 2.47. The Morgan fingerprint density at radius 2 is 1.93 bits per heavy atom. The molecule has 5 unspecified atom stereocenters. The molecule has 2 aromatic rings. The molecule has 224 valence electrons. The van der Waals surface area contributed by atoms with E-state index in [1.807, 2.05) is 37.3 Å². The predicted octanol–water partition coefficient (Wildman–Crippen LogP) is 3.00. The van der Waals surface area contributed by atoms with Crippen LogP contribution < -0.4 is 14.8 Å². The Balaban J connectivity index is 1.27. The molecule has 0 saturated heterocycles. The molecule has 3 amide bonds. The minimum Gasteiger partial charge on any atom is -0.490 e. The van der Waals surface area contributed by atoms with Crippen LogP contribution >= 0.6 is 0 Å². The summed E-state index contributed by atoms with van der Waals surface area (Å²) in [6.07, 6.45) is 9.67. The zero-order chi connectivity index (χ0) is 29.6. The summed E-state index contributed by atoms with van der Waals surface area (Å²) in [5, 5.41) is 3.24. The van der Waals surface area contributed by atoms with Gasteiger partial charge in [0.05, 0.1) is 22.6 Å². The summed E-state index contributed by atoms with van der Waals surface area (Å²) in [5.41, 5.74) is 0.507. The SMILES string of the molecule is Cc1cccc2c(OC3CC4C(=O)NC5(C(=O)NS(=O)(=O)C6CC6)CC5C=CCCCCN(C)C(=O)C4C3)ccnc12. The Morgan fingerprint density at radius 1 is 1.14 bits per heavy atom. The molecule has 11 heteroatoms. The molecule has 0 radical (unpaired) electrons. The fourth-order valence-corrected chi connectivity index (χ4v) is 7.84. The summed E-state index contributed by atoms with van der Waals surface area (Å²) < 4.78 is 33.9. The number of nitrogens with zero attached hydrogens (tertiary/aromatic N) is 2. The van der Waals surface area contributed by atoms with Crippen molar-refractivity contribution in [2.75, 3.05) is 13.6 Å². The average Bonchev–Trinajstić information content (AvgIpc) is 3.88. The number of pyridine rings is 1. The van der Waals surface area contributed by atoms with Crippen LogP contribution in [0.15, 0.2) is 42.6 Å². The lowest BCUT2D eigenvalue weighted by molar-refractivity contribution is -0.140. The van der Waals surface area contributed by atoms with E-state index in [0.29, 0.717) is 44.4 Å². The van der Waals surface area contributed by atoms with E-state index in [9.17, 15) is 22.8 Å². The Bertz CT molecular complexity index is 1550. The van der Waals surface area contributed by atoms with E-state index in [2.05, 4.69) is 15.0 Å². The number of nitrogens with one attached hydrogen (secondary N) is 2. The maximum absolute atomic E-state index is 13.9. The van der Waals surface area contributed by atoms with Gasteiger partial charge in [-0.3, -0.25) is 24.1 Å². The number of hydrogen-bond donors (Lipinski definition) is 2. The number of carbonyl (C=O) groups excluding carboxylic acids is 3. The molecule has 3 aliphatic carbocycles. The van der Waals surface area contributed by atoms with Gasteiger partial charge in [0.2, 0.25) is 21.8 Å². The van der Waals surface area contributed by atoms with Crippen molar-refractivity contribution in [3.05, 3.63) is 48.2 Å². The van der Waals surface area contributed by atoms with Crippen LogP contribution in [0.3, 0.4) is 0 Å². The molecular formula is C31H38N4O6S. The van der Waals surface area contributed by atoms with Crippen LogP contribution in [0.1, 0.15) is 56.9 Å². The van der Waals surface area contributed by atoms with Gasteiger partial charge >= 0.3 is 0 Å². The first-order valence-corrected chi connectivity index (χ1v) is 16.4. The third-order valence-electron chi connectivity index (χ3n) is 9.22. The number of amides is 3. The minimum atomic E-state index is -3.78. The van der Waals surface area contributed by atoms with E-state index in [4.69, 9.17) is 4.74 Å². The quantitative estimate of drug-likeness (QED) is 0.508. The van der Waals surface area contributed by atoms with Gasteiger partial charge < -0.3 is 15.0 Å². The summed E-state index contributed by atoms with van der Waals surface area (Å²) in [6.45, 7) is 2.57. The van der Waals surface area contributed by atoms with Crippen molar-refractivity contribution >= 4 is 38.6 Å². The molecule has 1 aliphatic heterocycles. The molecule has 42 heavy (non-hydrogen) atoms. The predicted molar refractivity (Wildman–Crippen MR) is 157 cm³/mol. The van der Waals surface area contributed by atoms with E-state index in [1.165, 1.54) is 0 Å². The van der Waals surface area contributed by atoms with Crippen molar-refractivity contribution in [2.45, 2.75) is 75.2 Å². The first kappa shape index (κ1) is 28.6. The Labute approximate surface area is 246 Å². The van der Waals surface area contributed by atoms with Crippen molar-refractivity contribution in [2.24, 2.45) is 17.8 Å². The molecule has 2 N–H and O–H groups in total. The number of carbonyl (C=O) groups is 3. The van der Waals surface area contributed by atoms with Crippen LogP contribution in [0.5, 0.6) is 5.75 Å². The van der Waals surface area contributed by atoms with Crippen LogP contribution in [0, 0.1) is 24.7 Å². The Morgan fingerprint density at radius 3 is 2.71 bits per heavy atom. The molecule has 4 aliphatic rings. The summed E-state index contributed by atoms with van der Waals surface area (Å²) in [7, 11) is -2.02. The lowest BCUT2D eigenvalue weighted by atomic mass is 9.93. The number of allylic oxidation sites excluding steroid dienone is 1. The fraction of sp³-hybridized carbons (Fsp3) is 0.548. The van der Waals surface area contributed by atoms with Crippen molar-refractivity contribution in [3.63, 3.8) is 0 Å². The molecule has 6 rings (SSSR count). The zero-order valence-corrected chi connectivity index (χ0v) is 24.9. The van der Waals surface area contributed by atoms with Gasteiger partial charge in [0.25, 0.3) is 5.91 Å². The Kier molecular flexibility index (Phi) is 7.49. The lowest BCUT2D eigenvalue weighted by Gasteiger charge is -2.26. The normalized spacial score (nSPS) is 30.2. The van der Waals surface area contributed by atoms with E-state index < -0.39 is 50.6 Å². The number of rotatable bonds is 5. The van der Waals surface area contributed by atoms with Gasteiger partial charge in [-0.1, -0.05) is 24.3 Å². The number of sulfonamides is 1. The number of fused-ring (bicyclic) bond motifs is 3. The molecular weight excluding hydrogens is 556 g/mol. The van der Waals surface area contributed by atoms with Crippen LogP contribution in [-0.2, 0) is 24.4 Å². The zero-order valence-electron chi connectivity index (χ0n) is 24.0. The van der Waals surface area contributed by atoms with Gasteiger partial charge in [0, 0.05) is 31.1 Å². The maximum Gasteiger partial charge on any atom is 0.259 e. The van der Waals surface area contributed by atoms with E-state index >= 15 is 0 Å². The monoisotopic (exact) mass is 594 g/mol. The van der Waals surface area contributed by atoms with Crippen molar-refractivity contribution in [1.82, 2.24) is 19.9 Å². The lowest BCUT2D eigenvalue weighted by Crippen LogP contribution is -2.54. The molecule has 5 atom stereocenters. The smallest absolute Gasteiger partial charge is 0.259 e. The number of aryl methyl sites for hydroxylation is 1. The topological polar surface area (TPSA) is 135 Å². The van der Waals surface area contributed by atoms with Crippen LogP contribution in [0.4, 0.5) is 0 Å². The van der Waals surface area contributed by atoms with Crippen molar-refractivity contribution in [1.29, 1.82) is 0 Å². The maximum atomic E-state index is 13.9. The van der Waals surface area contributed by atoms with Gasteiger partial charge in [0.1, 0.15) is 17.4 Å². The average molecular weight is 595 g/mol. The third-order valence-corrected chi connectivity index (χ3v) is 11.0. The second kappa shape index (κ2) is 11.0. The van der Waals surface area contributed by atoms with Gasteiger partial charge in [-0.25, -0.2) is 8.42 Å². The van der Waals surface area contributed by atoms with Crippen molar-refractivity contribution in [3.8, 4) is 5.75 Å². The van der Waals surface area contributed by atoms with E-state index in [1.54, 1.807) is 24.2 Å². The number of benzene rings is 1. The number of para-hydroxylation sites is 1. The fourth-order valence-electron chi connectivity index (χ4n) is 6.47. The van der Waals surface area contributed by atoms with E-state index in [-0.39, 0.29) is 11.8 Å². The number of ether oxygens (including phenoxy) is 1. The van der Waals surface area contributed by atoms with Crippen LogP contribution in [-0.4, -0.2) is 66.5 Å².